The maximum Gasteiger partial charge on any atom is 0.323 e. The predicted octanol–water partition coefficient (Wildman–Crippen LogP) is 1.34. The number of methoxy groups -OCH3 is 1. The molecule has 0 unspecified atom stereocenters. The van der Waals surface area contributed by atoms with Gasteiger partial charge in [-0.25, -0.2) is 0 Å². The lowest BCUT2D eigenvalue weighted by atomic mass is 10.1. The van der Waals surface area contributed by atoms with Gasteiger partial charge in [-0.3, -0.25) is 14.7 Å². The van der Waals surface area contributed by atoms with E-state index in [0.29, 0.717) is 19.5 Å². The molecule has 0 amide bonds. The van der Waals surface area contributed by atoms with E-state index < -0.39 is 6.10 Å². The molecule has 1 aromatic heterocycles. The molecule has 1 aromatic carbocycles. The maximum atomic E-state index is 11.8. The van der Waals surface area contributed by atoms with Gasteiger partial charge in [-0.2, -0.15) is 0 Å². The van der Waals surface area contributed by atoms with Gasteiger partial charge >= 0.3 is 5.97 Å². The summed E-state index contributed by atoms with van der Waals surface area (Å²) in [5, 5.41) is 10.9. The van der Waals surface area contributed by atoms with Gasteiger partial charge in [-0.15, -0.1) is 0 Å². The van der Waals surface area contributed by atoms with Gasteiger partial charge in [-0.1, -0.05) is 24.3 Å². The number of aromatic nitrogens is 1. The van der Waals surface area contributed by atoms with E-state index in [2.05, 4.69) is 4.98 Å². The summed E-state index contributed by atoms with van der Waals surface area (Å²) in [6.07, 6.45) is 1.70. The largest absolute Gasteiger partial charge is 0.468 e. The molecule has 0 bridgehead atoms. The third-order valence-corrected chi connectivity index (χ3v) is 3.94. The smallest absolute Gasteiger partial charge is 0.323 e. The summed E-state index contributed by atoms with van der Waals surface area (Å²) in [4.78, 5) is 18.2. The maximum absolute atomic E-state index is 11.8. The highest BCUT2D eigenvalue weighted by Gasteiger charge is 2.36. The molecule has 3 rings (SSSR count). The number of benzene rings is 1. The van der Waals surface area contributed by atoms with Crippen LogP contribution >= 0.6 is 0 Å². The first kappa shape index (κ1) is 14.0. The number of fused-ring (bicyclic) bond motifs is 1. The summed E-state index contributed by atoms with van der Waals surface area (Å²) in [6.45, 7) is 1.05. The van der Waals surface area contributed by atoms with E-state index in [9.17, 15) is 9.90 Å². The Bertz CT molecular complexity index is 654. The molecule has 1 saturated heterocycles. The number of aliphatic hydroxyl groups is 1. The number of nitrogens with zero attached hydrogens (tertiary/aromatic N) is 2. The van der Waals surface area contributed by atoms with Crippen molar-refractivity contribution in [2.45, 2.75) is 25.1 Å². The number of para-hydroxylation sites is 1. The number of rotatable bonds is 3. The van der Waals surface area contributed by atoms with Crippen molar-refractivity contribution in [3.63, 3.8) is 0 Å². The van der Waals surface area contributed by atoms with E-state index in [-0.39, 0.29) is 12.0 Å². The summed E-state index contributed by atoms with van der Waals surface area (Å²) < 4.78 is 4.83. The van der Waals surface area contributed by atoms with Crippen molar-refractivity contribution in [3.05, 3.63) is 42.1 Å². The molecular formula is C16H18N2O3. The van der Waals surface area contributed by atoms with E-state index in [1.54, 1.807) is 6.20 Å². The van der Waals surface area contributed by atoms with Gasteiger partial charge in [0.25, 0.3) is 0 Å². The van der Waals surface area contributed by atoms with Crippen LogP contribution in [0.1, 0.15) is 12.0 Å². The molecule has 1 fully saturated rings. The van der Waals surface area contributed by atoms with Gasteiger partial charge in [0.05, 0.1) is 18.7 Å². The van der Waals surface area contributed by atoms with Crippen LogP contribution in [0.15, 0.2) is 36.5 Å². The normalized spacial score (nSPS) is 22.6. The van der Waals surface area contributed by atoms with E-state index in [4.69, 9.17) is 4.74 Å². The standard InChI is InChI=1S/C16H18N2O3/c1-21-16(20)14-8-13(19)10-18(14)9-12-5-2-4-11-6-3-7-17-15(11)12/h2-7,13-14,19H,8-10H2,1H3/t13-,14-/m0/s1. The Balaban J connectivity index is 1.89. The molecule has 2 atom stereocenters. The monoisotopic (exact) mass is 286 g/mol. The number of pyridine rings is 1. The molecular weight excluding hydrogens is 268 g/mol. The summed E-state index contributed by atoms with van der Waals surface area (Å²) in [5.41, 5.74) is 1.99. The number of hydrogen-bond donors (Lipinski definition) is 1. The molecule has 1 N–H and O–H groups in total. The van der Waals surface area contributed by atoms with Crippen molar-refractivity contribution >= 4 is 16.9 Å². The molecule has 5 nitrogen and oxygen atoms in total. The number of esters is 1. The number of β-amino-alcohol motifs (C(OH)–C–C–N with tert-alkyl or cyclic N) is 1. The number of aliphatic hydroxyl groups excluding tert-OH is 1. The fraction of sp³-hybridized carbons (Fsp3) is 0.375. The van der Waals surface area contributed by atoms with E-state index >= 15 is 0 Å². The molecule has 1 aliphatic heterocycles. The van der Waals surface area contributed by atoms with Crippen molar-refractivity contribution < 1.29 is 14.6 Å². The lowest BCUT2D eigenvalue weighted by Crippen LogP contribution is -2.36. The van der Waals surface area contributed by atoms with Crippen LogP contribution in [0.2, 0.25) is 0 Å². The van der Waals surface area contributed by atoms with Gasteiger partial charge in [0.1, 0.15) is 6.04 Å². The highest BCUT2D eigenvalue weighted by atomic mass is 16.5. The summed E-state index contributed by atoms with van der Waals surface area (Å²) in [7, 11) is 1.38. The molecule has 1 aliphatic rings. The van der Waals surface area contributed by atoms with E-state index in [1.807, 2.05) is 35.2 Å². The second kappa shape index (κ2) is 5.79. The Morgan fingerprint density at radius 2 is 2.24 bits per heavy atom. The average molecular weight is 286 g/mol. The SMILES string of the molecule is COC(=O)[C@@H]1C[C@H](O)CN1Cc1cccc2cccnc12. The van der Waals surface area contributed by atoms with Crippen molar-refractivity contribution in [3.8, 4) is 0 Å². The van der Waals surface area contributed by atoms with E-state index in [1.165, 1.54) is 7.11 Å². The van der Waals surface area contributed by atoms with Gasteiger partial charge < -0.3 is 9.84 Å². The number of carbonyl (C=O) groups is 1. The minimum absolute atomic E-state index is 0.292. The molecule has 2 aromatic rings. The molecule has 21 heavy (non-hydrogen) atoms. The Hall–Kier alpha value is -1.98. The molecule has 5 heteroatoms. The first-order valence-corrected chi connectivity index (χ1v) is 7.01. The van der Waals surface area contributed by atoms with E-state index in [0.717, 1.165) is 16.5 Å². The Kier molecular flexibility index (Phi) is 3.86. The predicted molar refractivity (Wildman–Crippen MR) is 78.6 cm³/mol. The third kappa shape index (κ3) is 2.75. The third-order valence-electron chi connectivity index (χ3n) is 3.94. The Morgan fingerprint density at radius 1 is 1.43 bits per heavy atom. The average Bonchev–Trinajstić information content (AvgIpc) is 2.87. The highest BCUT2D eigenvalue weighted by Crippen LogP contribution is 2.24. The van der Waals surface area contributed by atoms with Gasteiger partial charge in [-0.05, 0) is 11.6 Å². The second-order valence-corrected chi connectivity index (χ2v) is 5.35. The number of ether oxygens (including phenoxy) is 1. The lowest BCUT2D eigenvalue weighted by Gasteiger charge is -2.22. The summed E-state index contributed by atoms with van der Waals surface area (Å²) in [5.74, 6) is -0.292. The van der Waals surface area contributed by atoms with Crippen LogP contribution < -0.4 is 0 Å². The highest BCUT2D eigenvalue weighted by molar-refractivity contribution is 5.81. The van der Waals surface area contributed by atoms with Crippen molar-refractivity contribution in [1.29, 1.82) is 0 Å². The van der Waals surface area contributed by atoms with Gasteiger partial charge in [0.15, 0.2) is 0 Å². The molecule has 0 spiro atoms. The Labute approximate surface area is 123 Å². The van der Waals surface area contributed by atoms with Gasteiger partial charge in [0, 0.05) is 31.1 Å². The molecule has 0 saturated carbocycles. The number of likely N-dealkylation sites (tertiary alicyclic amines) is 1. The summed E-state index contributed by atoms with van der Waals surface area (Å²) >= 11 is 0. The lowest BCUT2D eigenvalue weighted by molar-refractivity contribution is -0.146. The zero-order chi connectivity index (χ0) is 14.8. The fourth-order valence-electron chi connectivity index (χ4n) is 2.95. The topological polar surface area (TPSA) is 62.7 Å². The fourth-order valence-corrected chi connectivity index (χ4v) is 2.95. The first-order valence-electron chi connectivity index (χ1n) is 7.01. The number of hydrogen-bond acceptors (Lipinski definition) is 5. The van der Waals surface area contributed by atoms with Crippen LogP contribution in [0.5, 0.6) is 0 Å². The number of carbonyl (C=O) groups excluding carboxylic acids is 1. The van der Waals surface area contributed by atoms with Crippen LogP contribution in [-0.4, -0.2) is 46.8 Å². The minimum atomic E-state index is -0.489. The minimum Gasteiger partial charge on any atom is -0.468 e. The van der Waals surface area contributed by atoms with Crippen molar-refractivity contribution in [2.24, 2.45) is 0 Å². The zero-order valence-electron chi connectivity index (χ0n) is 11.9. The van der Waals surface area contributed by atoms with Crippen LogP contribution in [0.3, 0.4) is 0 Å². The van der Waals surface area contributed by atoms with Crippen LogP contribution in [0.25, 0.3) is 10.9 Å². The molecule has 2 heterocycles. The molecule has 0 aliphatic carbocycles. The molecule has 110 valence electrons. The second-order valence-electron chi connectivity index (χ2n) is 5.35. The van der Waals surface area contributed by atoms with Crippen molar-refractivity contribution in [1.82, 2.24) is 9.88 Å². The van der Waals surface area contributed by atoms with Crippen LogP contribution in [0.4, 0.5) is 0 Å². The Morgan fingerprint density at radius 3 is 3.05 bits per heavy atom. The quantitative estimate of drug-likeness (QED) is 0.863. The van der Waals surface area contributed by atoms with Crippen LogP contribution in [-0.2, 0) is 16.1 Å². The van der Waals surface area contributed by atoms with Crippen LogP contribution in [0, 0.1) is 0 Å². The zero-order valence-corrected chi connectivity index (χ0v) is 11.9. The molecule has 0 radical (unpaired) electrons. The summed E-state index contributed by atoms with van der Waals surface area (Å²) in [6, 6.07) is 9.55. The van der Waals surface area contributed by atoms with Gasteiger partial charge in [0.2, 0.25) is 0 Å². The van der Waals surface area contributed by atoms with Crippen molar-refractivity contribution in [2.75, 3.05) is 13.7 Å². The first-order chi connectivity index (χ1) is 10.2.